The fourth-order valence-electron chi connectivity index (χ4n) is 3.11. The van der Waals surface area contributed by atoms with Crippen LogP contribution in [0.4, 0.5) is 5.69 Å². The van der Waals surface area contributed by atoms with Crippen LogP contribution in [0.5, 0.6) is 5.75 Å². The number of anilines is 1. The van der Waals surface area contributed by atoms with E-state index in [1.807, 2.05) is 31.2 Å². The van der Waals surface area contributed by atoms with Crippen LogP contribution in [0.2, 0.25) is 0 Å². The molecule has 2 aromatic rings. The Morgan fingerprint density at radius 1 is 1.19 bits per heavy atom. The molecule has 1 atom stereocenters. The lowest BCUT2D eigenvalue weighted by Crippen LogP contribution is -2.37. The molecule has 6 heteroatoms. The molecule has 0 fully saturated rings. The second kappa shape index (κ2) is 7.91. The standard InChI is InChI=1S/C20H22N2O4/c1-14(15-6-8-17(9-7-15)26-13-20(24)25)21-19(23)12-22-11-10-16-4-2-3-5-18(16)22/h2-9,14H,10-13H2,1H3,(H,21,23)(H,24,25). The van der Waals surface area contributed by atoms with Crippen LogP contribution in [0, 0.1) is 0 Å². The van der Waals surface area contributed by atoms with Crippen molar-refractivity contribution in [1.29, 1.82) is 0 Å². The van der Waals surface area contributed by atoms with E-state index >= 15 is 0 Å². The first-order chi connectivity index (χ1) is 12.5. The third-order valence-electron chi connectivity index (χ3n) is 4.44. The van der Waals surface area contributed by atoms with Crippen molar-refractivity contribution >= 4 is 17.6 Å². The molecule has 0 aliphatic carbocycles. The molecule has 0 aromatic heterocycles. The van der Waals surface area contributed by atoms with Crippen molar-refractivity contribution in [2.45, 2.75) is 19.4 Å². The molecule has 0 radical (unpaired) electrons. The Hall–Kier alpha value is -3.02. The molecule has 0 saturated carbocycles. The van der Waals surface area contributed by atoms with Gasteiger partial charge in [-0.1, -0.05) is 30.3 Å². The Labute approximate surface area is 152 Å². The highest BCUT2D eigenvalue weighted by molar-refractivity contribution is 5.82. The summed E-state index contributed by atoms with van der Waals surface area (Å²) in [7, 11) is 0. The van der Waals surface area contributed by atoms with Crippen LogP contribution in [-0.4, -0.2) is 36.7 Å². The number of amides is 1. The Morgan fingerprint density at radius 3 is 2.65 bits per heavy atom. The van der Waals surface area contributed by atoms with Gasteiger partial charge in [0.25, 0.3) is 0 Å². The van der Waals surface area contributed by atoms with E-state index in [0.717, 1.165) is 24.2 Å². The van der Waals surface area contributed by atoms with Crippen LogP contribution < -0.4 is 15.0 Å². The Kier molecular flexibility index (Phi) is 5.41. The number of fused-ring (bicyclic) bond motifs is 1. The zero-order valence-electron chi connectivity index (χ0n) is 14.6. The van der Waals surface area contributed by atoms with Crippen LogP contribution in [0.15, 0.2) is 48.5 Å². The highest BCUT2D eigenvalue weighted by atomic mass is 16.5. The average Bonchev–Trinajstić information content (AvgIpc) is 3.03. The van der Waals surface area contributed by atoms with E-state index in [1.165, 1.54) is 5.56 Å². The average molecular weight is 354 g/mol. The van der Waals surface area contributed by atoms with Crippen LogP contribution in [-0.2, 0) is 16.0 Å². The number of nitrogens with zero attached hydrogens (tertiary/aromatic N) is 1. The van der Waals surface area contributed by atoms with Crippen LogP contribution in [0.1, 0.15) is 24.1 Å². The molecule has 0 saturated heterocycles. The quantitative estimate of drug-likeness (QED) is 0.798. The maximum absolute atomic E-state index is 12.4. The number of hydrogen-bond acceptors (Lipinski definition) is 4. The number of carbonyl (C=O) groups is 2. The SMILES string of the molecule is CC(NC(=O)CN1CCc2ccccc21)c1ccc(OCC(=O)O)cc1. The van der Waals surface area contributed by atoms with Gasteiger partial charge in [0.05, 0.1) is 12.6 Å². The Bertz CT molecular complexity index is 789. The molecule has 2 N–H and O–H groups in total. The predicted octanol–water partition coefficient (Wildman–Crippen LogP) is 2.39. The second-order valence-corrected chi connectivity index (χ2v) is 6.34. The smallest absolute Gasteiger partial charge is 0.341 e. The number of ether oxygens (including phenoxy) is 1. The largest absolute Gasteiger partial charge is 0.482 e. The summed E-state index contributed by atoms with van der Waals surface area (Å²) in [6.07, 6.45) is 0.969. The van der Waals surface area contributed by atoms with Crippen molar-refractivity contribution in [3.63, 3.8) is 0 Å². The highest BCUT2D eigenvalue weighted by Gasteiger charge is 2.21. The van der Waals surface area contributed by atoms with Crippen molar-refractivity contribution in [2.24, 2.45) is 0 Å². The molecule has 26 heavy (non-hydrogen) atoms. The van der Waals surface area contributed by atoms with Crippen LogP contribution in [0.3, 0.4) is 0 Å². The fourth-order valence-corrected chi connectivity index (χ4v) is 3.11. The van der Waals surface area contributed by atoms with E-state index in [-0.39, 0.29) is 18.6 Å². The van der Waals surface area contributed by atoms with E-state index in [1.54, 1.807) is 12.1 Å². The first kappa shape index (κ1) is 17.8. The topological polar surface area (TPSA) is 78.9 Å². The summed E-state index contributed by atoms with van der Waals surface area (Å²) < 4.78 is 5.11. The predicted molar refractivity (Wildman–Crippen MR) is 98.5 cm³/mol. The van der Waals surface area contributed by atoms with Crippen LogP contribution >= 0.6 is 0 Å². The van der Waals surface area contributed by atoms with E-state index in [9.17, 15) is 9.59 Å². The normalized spacial score (nSPS) is 13.8. The maximum atomic E-state index is 12.4. The van der Waals surface area contributed by atoms with Gasteiger partial charge >= 0.3 is 5.97 Å². The minimum atomic E-state index is -1.02. The number of aliphatic carboxylic acids is 1. The van der Waals surface area contributed by atoms with Gasteiger partial charge in [0.15, 0.2) is 6.61 Å². The molecule has 1 aliphatic rings. The lowest BCUT2D eigenvalue weighted by atomic mass is 10.1. The van der Waals surface area contributed by atoms with Gasteiger partial charge in [-0.05, 0) is 42.7 Å². The van der Waals surface area contributed by atoms with Gasteiger partial charge in [-0.3, -0.25) is 4.79 Å². The zero-order chi connectivity index (χ0) is 18.5. The van der Waals surface area contributed by atoms with Crippen molar-refractivity contribution in [3.8, 4) is 5.75 Å². The van der Waals surface area contributed by atoms with Crippen LogP contribution in [0.25, 0.3) is 0 Å². The summed E-state index contributed by atoms with van der Waals surface area (Å²) in [5.74, 6) is -0.554. The molecular weight excluding hydrogens is 332 g/mol. The van der Waals surface area contributed by atoms with Crippen molar-refractivity contribution in [1.82, 2.24) is 5.32 Å². The van der Waals surface area contributed by atoms with E-state index in [0.29, 0.717) is 12.3 Å². The van der Waals surface area contributed by atoms with Gasteiger partial charge < -0.3 is 20.1 Å². The van der Waals surface area contributed by atoms with Crippen molar-refractivity contribution in [3.05, 3.63) is 59.7 Å². The molecule has 1 amide bonds. The molecule has 1 heterocycles. The van der Waals surface area contributed by atoms with Gasteiger partial charge in [-0.25, -0.2) is 4.79 Å². The summed E-state index contributed by atoms with van der Waals surface area (Å²) in [6, 6.07) is 15.1. The number of nitrogens with one attached hydrogen (secondary N) is 1. The number of hydrogen-bond donors (Lipinski definition) is 2. The minimum absolute atomic E-state index is 0.0274. The van der Waals surface area contributed by atoms with E-state index in [4.69, 9.17) is 9.84 Å². The molecular formula is C20H22N2O4. The zero-order valence-corrected chi connectivity index (χ0v) is 14.6. The van der Waals surface area contributed by atoms with E-state index in [2.05, 4.69) is 22.3 Å². The van der Waals surface area contributed by atoms with Gasteiger partial charge in [0.1, 0.15) is 5.75 Å². The number of benzene rings is 2. The minimum Gasteiger partial charge on any atom is -0.482 e. The lowest BCUT2D eigenvalue weighted by molar-refractivity contribution is -0.139. The molecule has 0 spiro atoms. The highest BCUT2D eigenvalue weighted by Crippen LogP contribution is 2.27. The summed E-state index contributed by atoms with van der Waals surface area (Å²) in [5, 5.41) is 11.6. The molecule has 6 nitrogen and oxygen atoms in total. The number of carbonyl (C=O) groups excluding carboxylic acids is 1. The monoisotopic (exact) mass is 354 g/mol. The Balaban J connectivity index is 1.54. The number of rotatable bonds is 7. The molecule has 3 rings (SSSR count). The third-order valence-corrected chi connectivity index (χ3v) is 4.44. The number of para-hydroxylation sites is 1. The first-order valence-corrected chi connectivity index (χ1v) is 8.59. The summed E-state index contributed by atoms with van der Waals surface area (Å²) in [6.45, 7) is 2.74. The second-order valence-electron chi connectivity index (χ2n) is 6.34. The fraction of sp³-hybridized carbons (Fsp3) is 0.300. The maximum Gasteiger partial charge on any atom is 0.341 e. The van der Waals surface area contributed by atoms with Gasteiger partial charge in [-0.15, -0.1) is 0 Å². The number of carboxylic acids is 1. The van der Waals surface area contributed by atoms with Gasteiger partial charge in [0, 0.05) is 12.2 Å². The van der Waals surface area contributed by atoms with Gasteiger partial charge in [-0.2, -0.15) is 0 Å². The van der Waals surface area contributed by atoms with Crippen molar-refractivity contribution < 1.29 is 19.4 Å². The Morgan fingerprint density at radius 2 is 1.92 bits per heavy atom. The lowest BCUT2D eigenvalue weighted by Gasteiger charge is -2.21. The molecule has 136 valence electrons. The van der Waals surface area contributed by atoms with E-state index < -0.39 is 5.97 Å². The third kappa shape index (κ3) is 4.33. The van der Waals surface area contributed by atoms with Gasteiger partial charge in [0.2, 0.25) is 5.91 Å². The molecule has 1 aliphatic heterocycles. The first-order valence-electron chi connectivity index (χ1n) is 8.59. The molecule has 2 aromatic carbocycles. The summed E-state index contributed by atoms with van der Waals surface area (Å²) >= 11 is 0. The number of carboxylic acid groups (broad SMARTS) is 1. The molecule has 1 unspecified atom stereocenters. The summed E-state index contributed by atoms with van der Waals surface area (Å²) in [4.78, 5) is 25.0. The summed E-state index contributed by atoms with van der Waals surface area (Å²) in [5.41, 5.74) is 3.35. The molecule has 0 bridgehead atoms. The van der Waals surface area contributed by atoms with Crippen molar-refractivity contribution in [2.75, 3.05) is 24.6 Å².